The van der Waals surface area contributed by atoms with Crippen LogP contribution in [0.2, 0.25) is 5.22 Å². The van der Waals surface area contributed by atoms with E-state index in [9.17, 15) is 4.79 Å². The van der Waals surface area contributed by atoms with Crippen molar-refractivity contribution < 1.29 is 14.4 Å². The number of amides is 1. The monoisotopic (exact) mass is 308 g/mol. The second-order valence-electron chi connectivity index (χ2n) is 4.74. The van der Waals surface area contributed by atoms with Gasteiger partial charge in [-0.3, -0.25) is 4.79 Å². The average molecular weight is 309 g/mol. The molecule has 0 aliphatic carbocycles. The SMILES string of the molecule is Cc1noc(Cl)c1CCC(=O)Nc1ccc(CCO)cc1. The molecule has 1 amide bonds. The molecule has 0 bridgehead atoms. The highest BCUT2D eigenvalue weighted by Crippen LogP contribution is 2.20. The summed E-state index contributed by atoms with van der Waals surface area (Å²) in [5, 5.41) is 15.7. The minimum absolute atomic E-state index is 0.0958. The van der Waals surface area contributed by atoms with E-state index in [4.69, 9.17) is 21.2 Å². The van der Waals surface area contributed by atoms with Crippen LogP contribution in [0, 0.1) is 6.92 Å². The Balaban J connectivity index is 1.87. The largest absolute Gasteiger partial charge is 0.396 e. The van der Waals surface area contributed by atoms with Gasteiger partial charge < -0.3 is 14.9 Å². The van der Waals surface area contributed by atoms with Crippen LogP contribution in [0.15, 0.2) is 28.8 Å². The number of rotatable bonds is 6. The molecule has 1 aromatic carbocycles. The summed E-state index contributed by atoms with van der Waals surface area (Å²) in [5.41, 5.74) is 3.24. The van der Waals surface area contributed by atoms with Gasteiger partial charge in [0, 0.05) is 24.3 Å². The van der Waals surface area contributed by atoms with Crippen LogP contribution >= 0.6 is 11.6 Å². The number of hydrogen-bond donors (Lipinski definition) is 2. The fraction of sp³-hybridized carbons (Fsp3) is 0.333. The molecule has 0 fully saturated rings. The van der Waals surface area contributed by atoms with E-state index in [1.54, 1.807) is 6.92 Å². The quantitative estimate of drug-likeness (QED) is 0.860. The van der Waals surface area contributed by atoms with E-state index in [1.807, 2.05) is 24.3 Å². The molecule has 0 unspecified atom stereocenters. The lowest BCUT2D eigenvalue weighted by molar-refractivity contribution is -0.116. The van der Waals surface area contributed by atoms with Gasteiger partial charge in [0.1, 0.15) is 0 Å². The van der Waals surface area contributed by atoms with Gasteiger partial charge in [-0.25, -0.2) is 0 Å². The predicted molar refractivity (Wildman–Crippen MR) is 80.4 cm³/mol. The van der Waals surface area contributed by atoms with Crippen LogP contribution in [0.25, 0.3) is 0 Å². The van der Waals surface area contributed by atoms with Gasteiger partial charge in [-0.05, 0) is 49.1 Å². The minimum atomic E-state index is -0.0958. The topological polar surface area (TPSA) is 75.4 Å². The van der Waals surface area contributed by atoms with Crippen molar-refractivity contribution in [2.45, 2.75) is 26.2 Å². The third-order valence-electron chi connectivity index (χ3n) is 3.18. The van der Waals surface area contributed by atoms with E-state index in [1.165, 1.54) is 0 Å². The van der Waals surface area contributed by atoms with Gasteiger partial charge in [0.15, 0.2) is 0 Å². The molecule has 0 atom stereocenters. The summed E-state index contributed by atoms with van der Waals surface area (Å²) in [5.74, 6) is -0.0958. The second kappa shape index (κ2) is 7.24. The summed E-state index contributed by atoms with van der Waals surface area (Å²) in [7, 11) is 0. The molecule has 21 heavy (non-hydrogen) atoms. The fourth-order valence-electron chi connectivity index (χ4n) is 1.99. The molecule has 1 aromatic heterocycles. The van der Waals surface area contributed by atoms with E-state index in [-0.39, 0.29) is 17.7 Å². The molecule has 2 aromatic rings. The number of aliphatic hydroxyl groups is 1. The molecule has 112 valence electrons. The Hall–Kier alpha value is -1.85. The van der Waals surface area contributed by atoms with Gasteiger partial charge in [-0.1, -0.05) is 17.3 Å². The predicted octanol–water partition coefficient (Wildman–Crippen LogP) is 2.74. The molecular formula is C15H17ClN2O3. The molecule has 0 spiro atoms. The van der Waals surface area contributed by atoms with Gasteiger partial charge in [-0.15, -0.1) is 0 Å². The maximum atomic E-state index is 11.9. The zero-order valence-electron chi connectivity index (χ0n) is 11.7. The molecule has 0 aliphatic rings. The molecule has 2 rings (SSSR count). The Kier molecular flexibility index (Phi) is 5.36. The Labute approximate surface area is 127 Å². The van der Waals surface area contributed by atoms with E-state index in [0.717, 1.165) is 16.8 Å². The standard InChI is InChI=1S/C15H17ClN2O3/c1-10-13(15(16)21-18-10)6-7-14(20)17-12-4-2-11(3-5-12)8-9-19/h2-5,19H,6-9H2,1H3,(H,17,20). The number of aryl methyl sites for hydroxylation is 1. The Morgan fingerprint density at radius 1 is 1.33 bits per heavy atom. The first-order valence-electron chi connectivity index (χ1n) is 6.70. The van der Waals surface area contributed by atoms with Gasteiger partial charge in [0.05, 0.1) is 5.69 Å². The van der Waals surface area contributed by atoms with E-state index in [0.29, 0.717) is 25.0 Å². The summed E-state index contributed by atoms with van der Waals surface area (Å²) in [4.78, 5) is 11.9. The fourth-order valence-corrected chi connectivity index (χ4v) is 2.25. The number of carbonyl (C=O) groups excluding carboxylic acids is 1. The molecule has 0 aliphatic heterocycles. The summed E-state index contributed by atoms with van der Waals surface area (Å²) < 4.78 is 4.85. The molecule has 0 saturated heterocycles. The van der Waals surface area contributed by atoms with Crippen LogP contribution in [0.5, 0.6) is 0 Å². The maximum Gasteiger partial charge on any atom is 0.229 e. The van der Waals surface area contributed by atoms with Crippen LogP contribution in [-0.2, 0) is 17.6 Å². The van der Waals surface area contributed by atoms with Crippen molar-refractivity contribution in [2.75, 3.05) is 11.9 Å². The first-order valence-corrected chi connectivity index (χ1v) is 7.08. The zero-order valence-corrected chi connectivity index (χ0v) is 12.5. The average Bonchev–Trinajstić information content (AvgIpc) is 2.78. The maximum absolute atomic E-state index is 11.9. The van der Waals surface area contributed by atoms with Crippen molar-refractivity contribution in [2.24, 2.45) is 0 Å². The number of nitrogens with zero attached hydrogens (tertiary/aromatic N) is 1. The summed E-state index contributed by atoms with van der Waals surface area (Å²) in [6.07, 6.45) is 1.41. The lowest BCUT2D eigenvalue weighted by Gasteiger charge is -2.06. The first-order chi connectivity index (χ1) is 10.1. The molecule has 0 radical (unpaired) electrons. The highest BCUT2D eigenvalue weighted by atomic mass is 35.5. The molecule has 5 nitrogen and oxygen atoms in total. The number of benzene rings is 1. The number of aliphatic hydroxyl groups excluding tert-OH is 1. The smallest absolute Gasteiger partial charge is 0.229 e. The van der Waals surface area contributed by atoms with Gasteiger partial charge >= 0.3 is 0 Å². The molecular weight excluding hydrogens is 292 g/mol. The molecule has 2 N–H and O–H groups in total. The minimum Gasteiger partial charge on any atom is -0.396 e. The van der Waals surface area contributed by atoms with Crippen LogP contribution in [-0.4, -0.2) is 22.8 Å². The number of anilines is 1. The molecule has 6 heteroatoms. The number of aromatic nitrogens is 1. The third kappa shape index (κ3) is 4.31. The highest BCUT2D eigenvalue weighted by molar-refractivity contribution is 6.29. The number of carbonyl (C=O) groups is 1. The van der Waals surface area contributed by atoms with Crippen molar-refractivity contribution in [3.63, 3.8) is 0 Å². The van der Waals surface area contributed by atoms with Gasteiger partial charge in [-0.2, -0.15) is 0 Å². The number of nitrogens with one attached hydrogen (secondary N) is 1. The third-order valence-corrected chi connectivity index (χ3v) is 3.47. The van der Waals surface area contributed by atoms with E-state index in [2.05, 4.69) is 10.5 Å². The van der Waals surface area contributed by atoms with Crippen molar-refractivity contribution in [1.29, 1.82) is 0 Å². The Morgan fingerprint density at radius 2 is 2.05 bits per heavy atom. The lowest BCUT2D eigenvalue weighted by atomic mass is 10.1. The summed E-state index contributed by atoms with van der Waals surface area (Å²) in [6, 6.07) is 7.40. The zero-order chi connectivity index (χ0) is 15.2. The molecule has 0 saturated carbocycles. The van der Waals surface area contributed by atoms with Crippen LogP contribution in [0.1, 0.15) is 23.2 Å². The number of halogens is 1. The lowest BCUT2D eigenvalue weighted by Crippen LogP contribution is -2.12. The van der Waals surface area contributed by atoms with Crippen molar-refractivity contribution in [3.8, 4) is 0 Å². The Morgan fingerprint density at radius 3 is 2.62 bits per heavy atom. The van der Waals surface area contributed by atoms with Crippen LogP contribution in [0.3, 0.4) is 0 Å². The van der Waals surface area contributed by atoms with Crippen molar-refractivity contribution in [3.05, 3.63) is 46.3 Å². The molecule has 1 heterocycles. The summed E-state index contributed by atoms with van der Waals surface area (Å²) >= 11 is 5.85. The van der Waals surface area contributed by atoms with Crippen LogP contribution < -0.4 is 5.32 Å². The van der Waals surface area contributed by atoms with Crippen molar-refractivity contribution in [1.82, 2.24) is 5.16 Å². The normalized spacial score (nSPS) is 10.6. The Bertz CT molecular complexity index is 588. The number of hydrogen-bond acceptors (Lipinski definition) is 4. The summed E-state index contributed by atoms with van der Waals surface area (Å²) in [6.45, 7) is 1.91. The first kappa shape index (κ1) is 15.5. The second-order valence-corrected chi connectivity index (χ2v) is 5.08. The van der Waals surface area contributed by atoms with E-state index >= 15 is 0 Å². The van der Waals surface area contributed by atoms with Gasteiger partial charge in [0.25, 0.3) is 0 Å². The van der Waals surface area contributed by atoms with Crippen LogP contribution in [0.4, 0.5) is 5.69 Å². The highest BCUT2D eigenvalue weighted by Gasteiger charge is 2.12. The van der Waals surface area contributed by atoms with E-state index < -0.39 is 0 Å². The van der Waals surface area contributed by atoms with Crippen molar-refractivity contribution >= 4 is 23.2 Å². The van der Waals surface area contributed by atoms with Gasteiger partial charge in [0.2, 0.25) is 11.1 Å².